The van der Waals surface area contributed by atoms with E-state index in [-0.39, 0.29) is 0 Å². The Morgan fingerprint density at radius 2 is 2.18 bits per heavy atom. The Hall–Kier alpha value is -1.67. The maximum Gasteiger partial charge on any atom is 0.0398 e. The fourth-order valence-corrected chi connectivity index (χ4v) is 2.38. The summed E-state index contributed by atoms with van der Waals surface area (Å²) in [6, 6.07) is 8.64. The van der Waals surface area contributed by atoms with Crippen LogP contribution in [0.3, 0.4) is 0 Å². The lowest BCUT2D eigenvalue weighted by atomic mass is 10.1. The number of hydrogen-bond donors (Lipinski definition) is 0. The summed E-state index contributed by atoms with van der Waals surface area (Å²) in [6.07, 6.45) is 4.63. The molecule has 2 rings (SSSR count). The fraction of sp³-hybridized carbons (Fsp3) is 0.538. The number of hydrogen-bond acceptors (Lipinski definition) is 2. The van der Waals surface area contributed by atoms with Crippen molar-refractivity contribution in [2.24, 2.45) is 5.11 Å². The number of aryl methyl sites for hydroxylation is 1. The van der Waals surface area contributed by atoms with Crippen LogP contribution in [-0.2, 0) is 6.42 Å². The minimum Gasteiger partial charge on any atom is -0.371 e. The van der Waals surface area contributed by atoms with Crippen molar-refractivity contribution in [3.8, 4) is 0 Å². The van der Waals surface area contributed by atoms with Crippen LogP contribution in [0.15, 0.2) is 29.4 Å². The van der Waals surface area contributed by atoms with Crippen LogP contribution >= 0.6 is 0 Å². The third-order valence-electron chi connectivity index (χ3n) is 3.21. The summed E-state index contributed by atoms with van der Waals surface area (Å²) in [5.41, 5.74) is 11.1. The number of nitrogens with zero attached hydrogens (tertiary/aromatic N) is 4. The van der Waals surface area contributed by atoms with Gasteiger partial charge in [0.25, 0.3) is 0 Å². The first-order valence-electron chi connectivity index (χ1n) is 6.25. The summed E-state index contributed by atoms with van der Waals surface area (Å²) in [5, 5.41) is 3.59. The smallest absolute Gasteiger partial charge is 0.0398 e. The Balaban J connectivity index is 2.03. The molecule has 0 fully saturated rings. The topological polar surface area (TPSA) is 52.0 Å². The fourth-order valence-electron chi connectivity index (χ4n) is 2.38. The van der Waals surface area contributed by atoms with Gasteiger partial charge in [-0.15, -0.1) is 0 Å². The molecular formula is C13H18N4. The zero-order valence-corrected chi connectivity index (χ0v) is 10.0. The molecule has 0 radical (unpaired) electrons. The molecule has 17 heavy (non-hydrogen) atoms. The van der Waals surface area contributed by atoms with Crippen LogP contribution in [0.4, 0.5) is 5.69 Å². The van der Waals surface area contributed by atoms with E-state index in [4.69, 9.17) is 5.53 Å². The van der Waals surface area contributed by atoms with Crippen molar-refractivity contribution in [2.45, 2.75) is 25.7 Å². The monoisotopic (exact) mass is 230 g/mol. The van der Waals surface area contributed by atoms with Crippen molar-refractivity contribution in [1.29, 1.82) is 0 Å². The van der Waals surface area contributed by atoms with E-state index in [1.165, 1.54) is 30.5 Å². The molecule has 1 aliphatic heterocycles. The number of para-hydroxylation sites is 1. The summed E-state index contributed by atoms with van der Waals surface area (Å²) in [7, 11) is 0. The molecular weight excluding hydrogens is 212 g/mol. The Kier molecular flexibility index (Phi) is 4.28. The zero-order valence-electron chi connectivity index (χ0n) is 10.0. The molecule has 0 unspecified atom stereocenters. The molecule has 0 aromatic heterocycles. The largest absolute Gasteiger partial charge is 0.371 e. The van der Waals surface area contributed by atoms with Crippen molar-refractivity contribution in [1.82, 2.24) is 0 Å². The van der Waals surface area contributed by atoms with E-state index < -0.39 is 0 Å². The predicted molar refractivity (Wildman–Crippen MR) is 70.2 cm³/mol. The molecule has 90 valence electrons. The van der Waals surface area contributed by atoms with Gasteiger partial charge in [0.05, 0.1) is 0 Å². The first kappa shape index (κ1) is 11.8. The Morgan fingerprint density at radius 1 is 1.29 bits per heavy atom. The van der Waals surface area contributed by atoms with E-state index in [0.29, 0.717) is 6.54 Å². The summed E-state index contributed by atoms with van der Waals surface area (Å²) in [6.45, 7) is 2.69. The number of benzene rings is 1. The van der Waals surface area contributed by atoms with E-state index in [0.717, 1.165) is 19.5 Å². The highest BCUT2D eigenvalue weighted by Crippen LogP contribution is 2.25. The van der Waals surface area contributed by atoms with Crippen LogP contribution in [0, 0.1) is 0 Å². The number of fused-ring (bicyclic) bond motifs is 1. The van der Waals surface area contributed by atoms with Gasteiger partial charge in [-0.05, 0) is 42.8 Å². The van der Waals surface area contributed by atoms with Gasteiger partial charge in [-0.3, -0.25) is 0 Å². The van der Waals surface area contributed by atoms with Gasteiger partial charge < -0.3 is 4.90 Å². The Bertz CT molecular complexity index is 410. The second kappa shape index (κ2) is 6.16. The van der Waals surface area contributed by atoms with Crippen LogP contribution in [-0.4, -0.2) is 19.6 Å². The van der Waals surface area contributed by atoms with E-state index in [2.05, 4.69) is 39.2 Å². The molecule has 0 amide bonds. The molecule has 0 N–H and O–H groups in total. The van der Waals surface area contributed by atoms with Gasteiger partial charge in [-0.1, -0.05) is 23.3 Å². The summed E-state index contributed by atoms with van der Waals surface area (Å²) in [4.78, 5) is 5.21. The molecule has 4 heteroatoms. The Labute approximate surface area is 102 Å². The molecule has 1 heterocycles. The first-order valence-corrected chi connectivity index (χ1v) is 6.25. The van der Waals surface area contributed by atoms with Crippen LogP contribution in [0.25, 0.3) is 10.4 Å². The highest BCUT2D eigenvalue weighted by atomic mass is 15.1. The normalized spacial score (nSPS) is 14.7. The van der Waals surface area contributed by atoms with Crippen LogP contribution in [0.1, 0.15) is 24.8 Å². The standard InChI is InChI=1S/C13H18N4/c14-16-15-9-5-11-17-10-4-3-7-12-6-1-2-8-13(12)17/h1-2,6,8H,3-5,7,9-11H2. The zero-order chi connectivity index (χ0) is 11.9. The van der Waals surface area contributed by atoms with Gasteiger partial charge in [-0.2, -0.15) is 0 Å². The van der Waals surface area contributed by atoms with Gasteiger partial charge >= 0.3 is 0 Å². The van der Waals surface area contributed by atoms with Gasteiger partial charge in [0, 0.05) is 30.2 Å². The van der Waals surface area contributed by atoms with Crippen molar-refractivity contribution >= 4 is 5.69 Å². The van der Waals surface area contributed by atoms with Gasteiger partial charge in [-0.25, -0.2) is 0 Å². The average molecular weight is 230 g/mol. The molecule has 4 nitrogen and oxygen atoms in total. The number of rotatable bonds is 4. The number of anilines is 1. The van der Waals surface area contributed by atoms with Crippen molar-refractivity contribution < 1.29 is 0 Å². The molecule has 1 aliphatic rings. The predicted octanol–water partition coefficient (Wildman–Crippen LogP) is 3.53. The SMILES string of the molecule is [N-]=[N+]=NCCCN1CCCCc2ccccc21. The second-order valence-electron chi connectivity index (χ2n) is 4.38. The highest BCUT2D eigenvalue weighted by molar-refractivity contribution is 5.54. The van der Waals surface area contributed by atoms with Crippen LogP contribution in [0.5, 0.6) is 0 Å². The minimum absolute atomic E-state index is 0.592. The minimum atomic E-state index is 0.592. The average Bonchev–Trinajstić information content (AvgIpc) is 2.57. The van der Waals surface area contributed by atoms with E-state index in [1.807, 2.05) is 0 Å². The molecule has 0 spiro atoms. The quantitative estimate of drug-likeness (QED) is 0.338. The molecule has 0 saturated heterocycles. The van der Waals surface area contributed by atoms with Gasteiger partial charge in [0.15, 0.2) is 0 Å². The van der Waals surface area contributed by atoms with Gasteiger partial charge in [0.1, 0.15) is 0 Å². The Morgan fingerprint density at radius 3 is 3.06 bits per heavy atom. The third-order valence-corrected chi connectivity index (χ3v) is 3.21. The third kappa shape index (κ3) is 3.14. The first-order chi connectivity index (χ1) is 8.42. The van der Waals surface area contributed by atoms with Gasteiger partial charge in [0.2, 0.25) is 0 Å². The van der Waals surface area contributed by atoms with Crippen molar-refractivity contribution in [3.63, 3.8) is 0 Å². The molecule has 0 saturated carbocycles. The van der Waals surface area contributed by atoms with E-state index >= 15 is 0 Å². The lowest BCUT2D eigenvalue weighted by Gasteiger charge is -2.24. The molecule has 0 atom stereocenters. The van der Waals surface area contributed by atoms with Crippen molar-refractivity contribution in [3.05, 3.63) is 40.3 Å². The summed E-state index contributed by atoms with van der Waals surface area (Å²) < 4.78 is 0. The van der Waals surface area contributed by atoms with E-state index in [9.17, 15) is 0 Å². The maximum atomic E-state index is 8.25. The second-order valence-corrected chi connectivity index (χ2v) is 4.38. The lowest BCUT2D eigenvalue weighted by Crippen LogP contribution is -2.25. The van der Waals surface area contributed by atoms with Crippen LogP contribution < -0.4 is 4.90 Å². The summed E-state index contributed by atoms with van der Waals surface area (Å²) in [5.74, 6) is 0. The lowest BCUT2D eigenvalue weighted by molar-refractivity contribution is 0.691. The van der Waals surface area contributed by atoms with Crippen LogP contribution in [0.2, 0.25) is 0 Å². The summed E-state index contributed by atoms with van der Waals surface area (Å²) >= 11 is 0. The molecule has 1 aromatic carbocycles. The van der Waals surface area contributed by atoms with Crippen molar-refractivity contribution in [2.75, 3.05) is 24.5 Å². The molecule has 1 aromatic rings. The maximum absolute atomic E-state index is 8.25. The highest BCUT2D eigenvalue weighted by Gasteiger charge is 2.13. The molecule has 0 aliphatic carbocycles. The van der Waals surface area contributed by atoms with E-state index in [1.54, 1.807) is 0 Å². The number of azide groups is 1. The molecule has 0 bridgehead atoms.